The predicted octanol–water partition coefficient (Wildman–Crippen LogP) is 3.75. The lowest BCUT2D eigenvalue weighted by atomic mass is 9.70. The molecule has 0 aromatic carbocycles. The quantitative estimate of drug-likeness (QED) is 0.561. The first kappa shape index (κ1) is 10.8. The molecule has 0 saturated carbocycles. The van der Waals surface area contributed by atoms with Crippen molar-refractivity contribution < 1.29 is 0 Å². The van der Waals surface area contributed by atoms with Crippen LogP contribution in [0.3, 0.4) is 0 Å². The van der Waals surface area contributed by atoms with Gasteiger partial charge in [0.15, 0.2) is 0 Å². The third-order valence-electron chi connectivity index (χ3n) is 5.27. The van der Waals surface area contributed by atoms with Gasteiger partial charge in [0.05, 0.1) is 0 Å². The van der Waals surface area contributed by atoms with Crippen molar-refractivity contribution in [2.45, 2.75) is 64.3 Å². The summed E-state index contributed by atoms with van der Waals surface area (Å²) in [7, 11) is 0. The monoisotopic (exact) mass is 219 g/mol. The second-order valence-corrected chi connectivity index (χ2v) is 6.40. The van der Waals surface area contributed by atoms with Crippen molar-refractivity contribution >= 4 is 0 Å². The van der Waals surface area contributed by atoms with E-state index in [9.17, 15) is 0 Å². The second kappa shape index (κ2) is 3.87. The van der Waals surface area contributed by atoms with E-state index in [-0.39, 0.29) is 0 Å². The highest BCUT2D eigenvalue weighted by Gasteiger charge is 2.43. The number of piperidine rings is 1. The van der Waals surface area contributed by atoms with E-state index in [1.165, 1.54) is 58.0 Å². The molecule has 0 aromatic heterocycles. The Hall–Kier alpha value is -0.300. The van der Waals surface area contributed by atoms with Gasteiger partial charge < -0.3 is 0 Å². The van der Waals surface area contributed by atoms with E-state index >= 15 is 0 Å². The fourth-order valence-corrected chi connectivity index (χ4v) is 4.20. The Bertz CT molecular complexity index is 317. The van der Waals surface area contributed by atoms with Crippen LogP contribution in [-0.2, 0) is 0 Å². The smallest absolute Gasteiger partial charge is 0.0395 e. The lowest BCUT2D eigenvalue weighted by molar-refractivity contribution is 0.0489. The van der Waals surface area contributed by atoms with E-state index in [0.29, 0.717) is 5.54 Å². The molecule has 1 fully saturated rings. The summed E-state index contributed by atoms with van der Waals surface area (Å²) in [4.78, 5) is 2.80. The van der Waals surface area contributed by atoms with Gasteiger partial charge in [0.1, 0.15) is 0 Å². The van der Waals surface area contributed by atoms with Gasteiger partial charge in [0, 0.05) is 18.6 Å². The Labute approximate surface area is 99.9 Å². The first-order valence-corrected chi connectivity index (χ1v) is 7.16. The van der Waals surface area contributed by atoms with Gasteiger partial charge in [0.25, 0.3) is 0 Å². The lowest BCUT2D eigenvalue weighted by Gasteiger charge is -2.53. The maximum Gasteiger partial charge on any atom is 0.0395 e. The van der Waals surface area contributed by atoms with Crippen LogP contribution in [0.4, 0.5) is 0 Å². The zero-order chi connectivity index (χ0) is 11.2. The van der Waals surface area contributed by atoms with Crippen LogP contribution in [0.2, 0.25) is 0 Å². The fourth-order valence-electron chi connectivity index (χ4n) is 4.20. The Kier molecular flexibility index (Phi) is 2.62. The van der Waals surface area contributed by atoms with Gasteiger partial charge in [-0.1, -0.05) is 18.1 Å². The average molecular weight is 219 g/mol. The molecule has 0 unspecified atom stereocenters. The normalized spacial score (nSPS) is 40.5. The van der Waals surface area contributed by atoms with E-state index in [0.717, 1.165) is 5.92 Å². The lowest BCUT2D eigenvalue weighted by Crippen LogP contribution is -2.56. The van der Waals surface area contributed by atoms with Crippen LogP contribution >= 0.6 is 0 Å². The zero-order valence-corrected chi connectivity index (χ0v) is 10.9. The highest BCUT2D eigenvalue weighted by Crippen LogP contribution is 2.46. The van der Waals surface area contributed by atoms with Gasteiger partial charge in [-0.3, -0.25) is 4.90 Å². The third kappa shape index (κ3) is 1.55. The number of hydrogen-bond acceptors (Lipinski definition) is 1. The molecular weight excluding hydrogens is 194 g/mol. The topological polar surface area (TPSA) is 3.24 Å². The van der Waals surface area contributed by atoms with E-state index in [1.807, 2.05) is 11.1 Å². The number of nitrogens with zero attached hydrogens (tertiary/aromatic N) is 1. The maximum atomic E-state index is 2.80. The Morgan fingerprint density at radius 3 is 2.88 bits per heavy atom. The molecule has 0 radical (unpaired) electrons. The van der Waals surface area contributed by atoms with Crippen molar-refractivity contribution in [1.82, 2.24) is 4.90 Å². The van der Waals surface area contributed by atoms with Gasteiger partial charge >= 0.3 is 0 Å². The summed E-state index contributed by atoms with van der Waals surface area (Å²) in [6, 6.07) is 0. The van der Waals surface area contributed by atoms with Crippen LogP contribution in [0, 0.1) is 5.92 Å². The summed E-state index contributed by atoms with van der Waals surface area (Å²) >= 11 is 0. The third-order valence-corrected chi connectivity index (χ3v) is 5.27. The molecule has 0 aromatic rings. The van der Waals surface area contributed by atoms with Crippen molar-refractivity contribution in [1.29, 1.82) is 0 Å². The molecular formula is C15H25N. The fraction of sp³-hybridized carbons (Fsp3) is 0.867. The second-order valence-electron chi connectivity index (χ2n) is 6.40. The summed E-state index contributed by atoms with van der Waals surface area (Å²) < 4.78 is 0. The molecule has 3 aliphatic rings. The minimum absolute atomic E-state index is 0.459. The molecule has 2 atom stereocenters. The molecule has 0 spiro atoms. The molecule has 0 amide bonds. The highest BCUT2D eigenvalue weighted by atomic mass is 15.2. The summed E-state index contributed by atoms with van der Waals surface area (Å²) in [5.74, 6) is 0.916. The largest absolute Gasteiger partial charge is 0.294 e. The minimum Gasteiger partial charge on any atom is -0.294 e. The molecule has 1 heteroatoms. The standard InChI is InChI=1S/C15H25N/c1-12-7-9-15(2)14-6-4-3-5-13(14)8-10-16(15)11-12/h12H,3-11H2,1-2H3/t12-,15-/m0/s1. The molecule has 2 aliphatic heterocycles. The van der Waals surface area contributed by atoms with Gasteiger partial charge in [-0.2, -0.15) is 0 Å². The van der Waals surface area contributed by atoms with Crippen molar-refractivity contribution in [3.8, 4) is 0 Å². The summed E-state index contributed by atoms with van der Waals surface area (Å²) in [6.45, 7) is 7.62. The van der Waals surface area contributed by atoms with Gasteiger partial charge in [0.2, 0.25) is 0 Å². The van der Waals surface area contributed by atoms with Crippen LogP contribution in [-0.4, -0.2) is 23.5 Å². The molecule has 0 N–H and O–H groups in total. The van der Waals surface area contributed by atoms with Crippen molar-refractivity contribution in [2.75, 3.05) is 13.1 Å². The number of hydrogen-bond donors (Lipinski definition) is 0. The highest BCUT2D eigenvalue weighted by molar-refractivity contribution is 5.31. The first-order chi connectivity index (χ1) is 7.70. The summed E-state index contributed by atoms with van der Waals surface area (Å²) in [6.07, 6.45) is 9.92. The Morgan fingerprint density at radius 2 is 2.00 bits per heavy atom. The molecule has 2 heterocycles. The predicted molar refractivity (Wildman–Crippen MR) is 68.5 cm³/mol. The molecule has 1 nitrogen and oxygen atoms in total. The minimum atomic E-state index is 0.459. The van der Waals surface area contributed by atoms with E-state index < -0.39 is 0 Å². The zero-order valence-electron chi connectivity index (χ0n) is 10.9. The van der Waals surface area contributed by atoms with Crippen molar-refractivity contribution in [3.05, 3.63) is 11.1 Å². The number of rotatable bonds is 0. The number of fused-ring (bicyclic) bond motifs is 2. The average Bonchev–Trinajstić information content (AvgIpc) is 2.31. The van der Waals surface area contributed by atoms with Crippen LogP contribution in [0.5, 0.6) is 0 Å². The Balaban J connectivity index is 1.93. The molecule has 1 saturated heterocycles. The van der Waals surface area contributed by atoms with Gasteiger partial charge in [-0.25, -0.2) is 0 Å². The van der Waals surface area contributed by atoms with Gasteiger partial charge in [-0.05, 0) is 57.8 Å². The van der Waals surface area contributed by atoms with E-state index in [2.05, 4.69) is 18.7 Å². The summed E-state index contributed by atoms with van der Waals surface area (Å²) in [5.41, 5.74) is 4.16. The molecule has 90 valence electrons. The van der Waals surface area contributed by atoms with Gasteiger partial charge in [-0.15, -0.1) is 0 Å². The van der Waals surface area contributed by atoms with Crippen LogP contribution in [0.15, 0.2) is 11.1 Å². The molecule has 16 heavy (non-hydrogen) atoms. The molecule has 1 aliphatic carbocycles. The molecule has 0 bridgehead atoms. The molecule has 3 rings (SSSR count). The first-order valence-electron chi connectivity index (χ1n) is 7.16. The Morgan fingerprint density at radius 1 is 1.19 bits per heavy atom. The van der Waals surface area contributed by atoms with E-state index in [4.69, 9.17) is 0 Å². The van der Waals surface area contributed by atoms with Crippen LogP contribution < -0.4 is 0 Å². The maximum absolute atomic E-state index is 2.80. The van der Waals surface area contributed by atoms with E-state index in [1.54, 1.807) is 0 Å². The van der Waals surface area contributed by atoms with Crippen molar-refractivity contribution in [2.24, 2.45) is 5.92 Å². The van der Waals surface area contributed by atoms with Crippen LogP contribution in [0.1, 0.15) is 58.8 Å². The summed E-state index contributed by atoms with van der Waals surface area (Å²) in [5, 5.41) is 0. The van der Waals surface area contributed by atoms with Crippen molar-refractivity contribution in [3.63, 3.8) is 0 Å². The SMILES string of the molecule is C[C@H]1CC[C@@]2(C)C3=C(CCCC3)CCN2C1. The van der Waals surface area contributed by atoms with Crippen LogP contribution in [0.25, 0.3) is 0 Å².